The highest BCUT2D eigenvalue weighted by Gasteiger charge is 2.22. The third-order valence-electron chi connectivity index (χ3n) is 3.66. The van der Waals surface area contributed by atoms with E-state index in [4.69, 9.17) is 9.47 Å². The van der Waals surface area contributed by atoms with Gasteiger partial charge in [-0.05, 0) is 55.2 Å². The summed E-state index contributed by atoms with van der Waals surface area (Å²) < 4.78 is 10.8. The average Bonchev–Trinajstić information content (AvgIpc) is 3.20. The summed E-state index contributed by atoms with van der Waals surface area (Å²) in [6, 6.07) is 12.8. The molecule has 0 N–H and O–H groups in total. The first-order chi connectivity index (χ1) is 9.63. The molecule has 0 bridgehead atoms. The topological polar surface area (TPSA) is 21.8 Å². The van der Waals surface area contributed by atoms with Crippen LogP contribution in [0.5, 0.6) is 5.75 Å². The van der Waals surface area contributed by atoms with Crippen LogP contribution in [-0.4, -0.2) is 19.3 Å². The van der Waals surface area contributed by atoms with E-state index in [1.165, 1.54) is 27.8 Å². The Balaban J connectivity index is 1.83. The average molecular weight is 268 g/mol. The molecule has 104 valence electrons. The van der Waals surface area contributed by atoms with Crippen LogP contribution in [0.3, 0.4) is 0 Å². The molecule has 1 atom stereocenters. The molecule has 1 aliphatic heterocycles. The van der Waals surface area contributed by atoms with E-state index in [1.807, 2.05) is 12.1 Å². The van der Waals surface area contributed by atoms with Gasteiger partial charge in [0.05, 0.1) is 6.61 Å². The molecule has 1 saturated heterocycles. The van der Waals surface area contributed by atoms with Crippen LogP contribution < -0.4 is 4.74 Å². The fraction of sp³-hybridized carbons (Fsp3) is 0.333. The second kappa shape index (κ2) is 5.29. The standard InChI is InChI=1S/C18H20O2/c1-12-8-13(2)18(14(3)9-12)15-4-6-16(7-5-15)19-10-17-11-20-17/h4-9,17H,10-11H2,1-3H3. The molecule has 2 heteroatoms. The SMILES string of the molecule is Cc1cc(C)c(-c2ccc(OCC3CO3)cc2)c(C)c1. The molecular formula is C18H20O2. The molecule has 0 radical (unpaired) electrons. The summed E-state index contributed by atoms with van der Waals surface area (Å²) in [5.41, 5.74) is 6.53. The van der Waals surface area contributed by atoms with Crippen molar-refractivity contribution >= 4 is 0 Å². The molecule has 2 aromatic carbocycles. The van der Waals surface area contributed by atoms with E-state index in [9.17, 15) is 0 Å². The lowest BCUT2D eigenvalue weighted by molar-refractivity contribution is 0.263. The van der Waals surface area contributed by atoms with Crippen LogP contribution in [0, 0.1) is 20.8 Å². The van der Waals surface area contributed by atoms with Gasteiger partial charge < -0.3 is 9.47 Å². The summed E-state index contributed by atoms with van der Waals surface area (Å²) in [7, 11) is 0. The van der Waals surface area contributed by atoms with Crippen molar-refractivity contribution in [1.82, 2.24) is 0 Å². The Morgan fingerprint density at radius 1 is 1.05 bits per heavy atom. The number of ether oxygens (including phenoxy) is 2. The second-order valence-electron chi connectivity index (χ2n) is 5.56. The molecule has 0 amide bonds. The summed E-state index contributed by atoms with van der Waals surface area (Å²) >= 11 is 0. The van der Waals surface area contributed by atoms with Crippen molar-refractivity contribution in [3.63, 3.8) is 0 Å². The third kappa shape index (κ3) is 2.86. The number of benzene rings is 2. The maximum atomic E-state index is 5.68. The first-order valence-electron chi connectivity index (χ1n) is 7.06. The van der Waals surface area contributed by atoms with Gasteiger partial charge in [0, 0.05) is 0 Å². The van der Waals surface area contributed by atoms with Crippen molar-refractivity contribution in [2.45, 2.75) is 26.9 Å². The fourth-order valence-corrected chi connectivity index (χ4v) is 2.71. The lowest BCUT2D eigenvalue weighted by Gasteiger charge is -2.12. The first-order valence-corrected chi connectivity index (χ1v) is 7.06. The van der Waals surface area contributed by atoms with Crippen molar-refractivity contribution in [1.29, 1.82) is 0 Å². The van der Waals surface area contributed by atoms with E-state index in [-0.39, 0.29) is 0 Å². The van der Waals surface area contributed by atoms with Crippen LogP contribution in [-0.2, 0) is 4.74 Å². The fourth-order valence-electron chi connectivity index (χ4n) is 2.71. The molecule has 2 aromatic rings. The van der Waals surface area contributed by atoms with Crippen molar-refractivity contribution in [2.24, 2.45) is 0 Å². The molecule has 0 aromatic heterocycles. The molecule has 0 aliphatic carbocycles. The lowest BCUT2D eigenvalue weighted by Crippen LogP contribution is -2.03. The number of rotatable bonds is 4. The minimum absolute atomic E-state index is 0.302. The van der Waals surface area contributed by atoms with Gasteiger partial charge in [0.2, 0.25) is 0 Å². The van der Waals surface area contributed by atoms with Gasteiger partial charge in [0.25, 0.3) is 0 Å². The molecular weight excluding hydrogens is 248 g/mol. The van der Waals surface area contributed by atoms with Gasteiger partial charge in [0.1, 0.15) is 18.5 Å². The maximum absolute atomic E-state index is 5.68. The van der Waals surface area contributed by atoms with E-state index in [2.05, 4.69) is 45.0 Å². The third-order valence-corrected chi connectivity index (χ3v) is 3.66. The minimum atomic E-state index is 0.302. The normalized spacial score (nSPS) is 17.1. The Morgan fingerprint density at radius 2 is 1.65 bits per heavy atom. The molecule has 1 heterocycles. The quantitative estimate of drug-likeness (QED) is 0.780. The predicted octanol–water partition coefficient (Wildman–Crippen LogP) is 4.06. The van der Waals surface area contributed by atoms with Crippen LogP contribution >= 0.6 is 0 Å². The highest BCUT2D eigenvalue weighted by atomic mass is 16.6. The van der Waals surface area contributed by atoms with E-state index in [0.717, 1.165) is 12.4 Å². The largest absolute Gasteiger partial charge is 0.491 e. The van der Waals surface area contributed by atoms with Crippen LogP contribution in [0.1, 0.15) is 16.7 Å². The summed E-state index contributed by atoms with van der Waals surface area (Å²) in [6.07, 6.45) is 0.302. The Kier molecular flexibility index (Phi) is 3.49. The molecule has 1 aliphatic rings. The predicted molar refractivity (Wildman–Crippen MR) is 81.3 cm³/mol. The molecule has 1 unspecified atom stereocenters. The van der Waals surface area contributed by atoms with Gasteiger partial charge in [-0.15, -0.1) is 0 Å². The van der Waals surface area contributed by atoms with Crippen molar-refractivity contribution in [3.05, 3.63) is 53.1 Å². The molecule has 0 saturated carbocycles. The van der Waals surface area contributed by atoms with Gasteiger partial charge in [-0.1, -0.05) is 29.8 Å². The van der Waals surface area contributed by atoms with Crippen molar-refractivity contribution in [2.75, 3.05) is 13.2 Å². The number of aryl methyl sites for hydroxylation is 3. The highest BCUT2D eigenvalue weighted by molar-refractivity contribution is 5.71. The van der Waals surface area contributed by atoms with E-state index >= 15 is 0 Å². The Labute approximate surface area is 120 Å². The van der Waals surface area contributed by atoms with Gasteiger partial charge in [-0.2, -0.15) is 0 Å². The highest BCUT2D eigenvalue weighted by Crippen LogP contribution is 2.29. The zero-order valence-corrected chi connectivity index (χ0v) is 12.3. The Morgan fingerprint density at radius 3 is 2.20 bits per heavy atom. The Bertz CT molecular complexity index is 587. The van der Waals surface area contributed by atoms with Gasteiger partial charge in [-0.25, -0.2) is 0 Å². The van der Waals surface area contributed by atoms with E-state index in [0.29, 0.717) is 12.7 Å². The van der Waals surface area contributed by atoms with Gasteiger partial charge in [-0.3, -0.25) is 0 Å². The van der Waals surface area contributed by atoms with Crippen molar-refractivity contribution < 1.29 is 9.47 Å². The summed E-state index contributed by atoms with van der Waals surface area (Å²) in [4.78, 5) is 0. The maximum Gasteiger partial charge on any atom is 0.119 e. The second-order valence-corrected chi connectivity index (χ2v) is 5.56. The number of epoxide rings is 1. The molecule has 0 spiro atoms. The molecule has 3 rings (SSSR count). The molecule has 20 heavy (non-hydrogen) atoms. The minimum Gasteiger partial charge on any atom is -0.491 e. The number of hydrogen-bond donors (Lipinski definition) is 0. The van der Waals surface area contributed by atoms with Gasteiger partial charge in [0.15, 0.2) is 0 Å². The van der Waals surface area contributed by atoms with Gasteiger partial charge >= 0.3 is 0 Å². The molecule has 2 nitrogen and oxygen atoms in total. The number of hydrogen-bond acceptors (Lipinski definition) is 2. The summed E-state index contributed by atoms with van der Waals surface area (Å²) in [5, 5.41) is 0. The zero-order chi connectivity index (χ0) is 14.1. The summed E-state index contributed by atoms with van der Waals surface area (Å²) in [5.74, 6) is 0.909. The first kappa shape index (κ1) is 13.2. The smallest absolute Gasteiger partial charge is 0.119 e. The monoisotopic (exact) mass is 268 g/mol. The van der Waals surface area contributed by atoms with E-state index < -0.39 is 0 Å². The molecule has 1 fully saturated rings. The lowest BCUT2D eigenvalue weighted by atomic mass is 9.94. The van der Waals surface area contributed by atoms with Crippen LogP contribution in [0.2, 0.25) is 0 Å². The summed E-state index contributed by atoms with van der Waals surface area (Å²) in [6.45, 7) is 7.97. The zero-order valence-electron chi connectivity index (χ0n) is 12.3. The van der Waals surface area contributed by atoms with Crippen LogP contribution in [0.25, 0.3) is 11.1 Å². The van der Waals surface area contributed by atoms with E-state index in [1.54, 1.807) is 0 Å². The van der Waals surface area contributed by atoms with Crippen molar-refractivity contribution in [3.8, 4) is 16.9 Å². The van der Waals surface area contributed by atoms with Crippen LogP contribution in [0.15, 0.2) is 36.4 Å². The Hall–Kier alpha value is -1.80. The van der Waals surface area contributed by atoms with Crippen LogP contribution in [0.4, 0.5) is 0 Å².